The molecule has 0 radical (unpaired) electrons. The van der Waals surface area contributed by atoms with Crippen LogP contribution in [-0.4, -0.2) is 28.8 Å². The largest absolute Gasteiger partial charge is 0.493 e. The average molecular weight is 434 g/mol. The fraction of sp³-hybridized carbons (Fsp3) is 0.238. The molecule has 0 spiro atoms. The minimum absolute atomic E-state index is 0.0427. The Morgan fingerprint density at radius 2 is 1.93 bits per heavy atom. The normalized spacial score (nSPS) is 15.4. The summed E-state index contributed by atoms with van der Waals surface area (Å²) >= 11 is 12.5. The smallest absolute Gasteiger partial charge is 0.266 e. The van der Waals surface area contributed by atoms with Crippen LogP contribution in [0.2, 0.25) is 5.02 Å². The quantitative estimate of drug-likeness (QED) is 0.423. The number of nitrogens with zero attached hydrogens (tertiary/aromatic N) is 1. The van der Waals surface area contributed by atoms with Crippen molar-refractivity contribution in [1.82, 2.24) is 4.90 Å². The highest BCUT2D eigenvalue weighted by Crippen LogP contribution is 2.35. The van der Waals surface area contributed by atoms with Crippen LogP contribution in [0.3, 0.4) is 0 Å². The Morgan fingerprint density at radius 1 is 1.18 bits per heavy atom. The van der Waals surface area contributed by atoms with Gasteiger partial charge in [0.1, 0.15) is 10.9 Å². The van der Waals surface area contributed by atoms with Gasteiger partial charge >= 0.3 is 0 Å². The number of carbonyl (C=O) groups excluding carboxylic acids is 1. The van der Waals surface area contributed by atoms with E-state index >= 15 is 0 Å². The van der Waals surface area contributed by atoms with Crippen molar-refractivity contribution < 1.29 is 14.3 Å². The first kappa shape index (κ1) is 20.7. The zero-order valence-electron chi connectivity index (χ0n) is 15.6. The van der Waals surface area contributed by atoms with Crippen LogP contribution < -0.4 is 9.47 Å². The lowest BCUT2D eigenvalue weighted by Gasteiger charge is -2.12. The maximum Gasteiger partial charge on any atom is 0.266 e. The van der Waals surface area contributed by atoms with Gasteiger partial charge in [0.2, 0.25) is 0 Å². The molecule has 0 aliphatic carbocycles. The summed E-state index contributed by atoms with van der Waals surface area (Å²) in [6.07, 6.45) is 2.70. The first-order valence-electron chi connectivity index (χ1n) is 8.82. The SMILES string of the molecule is CCCN1C(=O)/C(=C/c2ccc(OCc3ccc(Cl)cc3)c(OC)c2)SC1=S. The van der Waals surface area contributed by atoms with Crippen molar-refractivity contribution in [1.29, 1.82) is 0 Å². The summed E-state index contributed by atoms with van der Waals surface area (Å²) in [6.45, 7) is 3.07. The summed E-state index contributed by atoms with van der Waals surface area (Å²) < 4.78 is 11.9. The highest BCUT2D eigenvalue weighted by atomic mass is 35.5. The van der Waals surface area contributed by atoms with Crippen LogP contribution in [0.15, 0.2) is 47.4 Å². The van der Waals surface area contributed by atoms with E-state index in [1.165, 1.54) is 11.8 Å². The Labute approximate surface area is 179 Å². The van der Waals surface area contributed by atoms with E-state index in [0.29, 0.717) is 38.9 Å². The lowest BCUT2D eigenvalue weighted by Crippen LogP contribution is -2.28. The van der Waals surface area contributed by atoms with Crippen LogP contribution in [0.5, 0.6) is 11.5 Å². The van der Waals surface area contributed by atoms with E-state index in [0.717, 1.165) is 17.5 Å². The van der Waals surface area contributed by atoms with Gasteiger partial charge < -0.3 is 9.47 Å². The van der Waals surface area contributed by atoms with Crippen LogP contribution in [0, 0.1) is 0 Å². The number of carbonyl (C=O) groups is 1. The van der Waals surface area contributed by atoms with Crippen molar-refractivity contribution in [2.24, 2.45) is 0 Å². The second-order valence-corrected chi connectivity index (χ2v) is 8.27. The Balaban J connectivity index is 1.75. The van der Waals surface area contributed by atoms with Gasteiger partial charge in [-0.2, -0.15) is 0 Å². The molecule has 1 fully saturated rings. The second-order valence-electron chi connectivity index (χ2n) is 6.16. The van der Waals surface area contributed by atoms with E-state index in [9.17, 15) is 4.79 Å². The van der Waals surface area contributed by atoms with Crippen molar-refractivity contribution in [3.8, 4) is 11.5 Å². The molecule has 1 aliphatic rings. The standard InChI is InChI=1S/C21H20ClNO3S2/c1-3-10-23-20(24)19(28-21(23)27)12-15-6-9-17(18(11-15)25-2)26-13-14-4-7-16(22)8-5-14/h4-9,11-12H,3,10,13H2,1-2H3/b19-12-. The number of methoxy groups -OCH3 is 1. The van der Waals surface area contributed by atoms with Crippen molar-refractivity contribution in [2.45, 2.75) is 20.0 Å². The van der Waals surface area contributed by atoms with Gasteiger partial charge in [-0.25, -0.2) is 0 Å². The van der Waals surface area contributed by atoms with Crippen molar-refractivity contribution >= 4 is 51.9 Å². The predicted molar refractivity (Wildman–Crippen MR) is 119 cm³/mol. The van der Waals surface area contributed by atoms with Crippen molar-refractivity contribution in [3.05, 3.63) is 63.5 Å². The summed E-state index contributed by atoms with van der Waals surface area (Å²) in [5, 5.41) is 0.690. The molecule has 1 amide bonds. The lowest BCUT2D eigenvalue weighted by molar-refractivity contribution is -0.122. The number of hydrogen-bond acceptors (Lipinski definition) is 5. The number of amides is 1. The average Bonchev–Trinajstić information content (AvgIpc) is 2.96. The van der Waals surface area contributed by atoms with Gasteiger partial charge in [0, 0.05) is 11.6 Å². The fourth-order valence-electron chi connectivity index (χ4n) is 2.70. The highest BCUT2D eigenvalue weighted by molar-refractivity contribution is 8.26. The third-order valence-electron chi connectivity index (χ3n) is 4.11. The molecule has 0 saturated carbocycles. The molecular formula is C21H20ClNO3S2. The topological polar surface area (TPSA) is 38.8 Å². The molecule has 2 aromatic rings. The minimum Gasteiger partial charge on any atom is -0.493 e. The van der Waals surface area contributed by atoms with E-state index in [2.05, 4.69) is 0 Å². The third kappa shape index (κ3) is 4.87. The number of rotatable bonds is 7. The van der Waals surface area contributed by atoms with E-state index < -0.39 is 0 Å². The maximum atomic E-state index is 12.5. The summed E-state index contributed by atoms with van der Waals surface area (Å²) in [7, 11) is 1.59. The zero-order valence-corrected chi connectivity index (χ0v) is 18.0. The number of thiocarbonyl (C=S) groups is 1. The molecule has 1 saturated heterocycles. The molecule has 0 atom stereocenters. The lowest BCUT2D eigenvalue weighted by atomic mass is 10.1. The molecule has 0 unspecified atom stereocenters. The molecule has 0 N–H and O–H groups in total. The molecule has 0 bridgehead atoms. The summed E-state index contributed by atoms with van der Waals surface area (Å²) in [5.74, 6) is 1.19. The molecule has 3 rings (SSSR count). The molecule has 146 valence electrons. The maximum absolute atomic E-state index is 12.5. The molecule has 1 heterocycles. The van der Waals surface area contributed by atoms with Crippen molar-refractivity contribution in [2.75, 3.05) is 13.7 Å². The number of hydrogen-bond donors (Lipinski definition) is 0. The van der Waals surface area contributed by atoms with Gasteiger partial charge in [-0.3, -0.25) is 9.69 Å². The van der Waals surface area contributed by atoms with Crippen LogP contribution in [-0.2, 0) is 11.4 Å². The summed E-state index contributed by atoms with van der Waals surface area (Å²) in [4.78, 5) is 14.8. The number of halogens is 1. The van der Waals surface area contributed by atoms with Crippen LogP contribution >= 0.6 is 35.6 Å². The molecule has 4 nitrogen and oxygen atoms in total. The van der Waals surface area contributed by atoms with Crippen LogP contribution in [0.25, 0.3) is 6.08 Å². The van der Waals surface area contributed by atoms with Gasteiger partial charge in [-0.15, -0.1) is 0 Å². The minimum atomic E-state index is -0.0427. The molecule has 0 aromatic heterocycles. The van der Waals surface area contributed by atoms with Gasteiger partial charge in [-0.05, 0) is 47.9 Å². The molecule has 7 heteroatoms. The third-order valence-corrected chi connectivity index (χ3v) is 5.74. The van der Waals surface area contributed by atoms with Gasteiger partial charge in [0.25, 0.3) is 5.91 Å². The van der Waals surface area contributed by atoms with Crippen molar-refractivity contribution in [3.63, 3.8) is 0 Å². The predicted octanol–water partition coefficient (Wildman–Crippen LogP) is 5.54. The number of benzene rings is 2. The summed E-state index contributed by atoms with van der Waals surface area (Å²) in [6, 6.07) is 13.1. The number of thioether (sulfide) groups is 1. The van der Waals surface area contributed by atoms with Crippen LogP contribution in [0.1, 0.15) is 24.5 Å². The van der Waals surface area contributed by atoms with E-state index in [1.807, 2.05) is 55.5 Å². The number of ether oxygens (including phenoxy) is 2. The molecule has 2 aromatic carbocycles. The monoisotopic (exact) mass is 433 g/mol. The van der Waals surface area contributed by atoms with Gasteiger partial charge in [-0.1, -0.05) is 60.7 Å². The molecule has 1 aliphatic heterocycles. The first-order valence-corrected chi connectivity index (χ1v) is 10.4. The van der Waals surface area contributed by atoms with E-state index in [-0.39, 0.29) is 5.91 Å². The summed E-state index contributed by atoms with van der Waals surface area (Å²) in [5.41, 5.74) is 1.86. The Bertz CT molecular complexity index is 912. The van der Waals surface area contributed by atoms with Gasteiger partial charge in [0.05, 0.1) is 12.0 Å². The van der Waals surface area contributed by atoms with E-state index in [4.69, 9.17) is 33.3 Å². The highest BCUT2D eigenvalue weighted by Gasteiger charge is 2.31. The van der Waals surface area contributed by atoms with Gasteiger partial charge in [0.15, 0.2) is 11.5 Å². The van der Waals surface area contributed by atoms with E-state index in [1.54, 1.807) is 12.0 Å². The Morgan fingerprint density at radius 3 is 2.61 bits per heavy atom. The first-order chi connectivity index (χ1) is 13.5. The Kier molecular flexibility index (Phi) is 6.99. The fourth-order valence-corrected chi connectivity index (χ4v) is 4.14. The zero-order chi connectivity index (χ0) is 20.1. The molecular weight excluding hydrogens is 414 g/mol. The second kappa shape index (κ2) is 9.45. The molecule has 28 heavy (non-hydrogen) atoms. The Hall–Kier alpha value is -2.02. The van der Waals surface area contributed by atoms with Crippen LogP contribution in [0.4, 0.5) is 0 Å².